The van der Waals surface area contributed by atoms with Crippen molar-refractivity contribution in [3.8, 4) is 0 Å². The number of rotatable bonds is 11. The summed E-state index contributed by atoms with van der Waals surface area (Å²) in [6.45, 7) is 5.37. The number of carbonyl (C=O) groups is 1. The van der Waals surface area contributed by atoms with E-state index in [0.717, 1.165) is 6.42 Å². The van der Waals surface area contributed by atoms with Gasteiger partial charge in [-0.25, -0.2) is 4.79 Å². The van der Waals surface area contributed by atoms with Crippen LogP contribution in [0.1, 0.15) is 56.3 Å². The van der Waals surface area contributed by atoms with E-state index < -0.39 is 10.9 Å². The average Bonchev–Trinajstić information content (AvgIpc) is 2.58. The van der Waals surface area contributed by atoms with Crippen LogP contribution in [0.5, 0.6) is 0 Å². The predicted molar refractivity (Wildman–Crippen MR) is 94.2 cm³/mol. The Morgan fingerprint density at radius 1 is 1.25 bits per heavy atom. The number of benzene rings is 1. The standard InChI is InChI=1S/C18H28N2O4/c1-4-5-6-7-8-15(2)19(3)13-14-24-18(21)16-9-11-17(12-10-16)20(22)23/h9-12,15H,4-8,13-14H2,1-3H3. The molecule has 0 saturated heterocycles. The van der Waals surface area contributed by atoms with Gasteiger partial charge >= 0.3 is 5.97 Å². The highest BCUT2D eigenvalue weighted by atomic mass is 16.6. The first-order chi connectivity index (χ1) is 11.5. The van der Waals surface area contributed by atoms with E-state index in [2.05, 4.69) is 18.7 Å². The Labute approximate surface area is 143 Å². The average molecular weight is 336 g/mol. The molecule has 134 valence electrons. The molecule has 0 saturated carbocycles. The molecule has 0 aliphatic heterocycles. The number of likely N-dealkylation sites (N-methyl/N-ethyl adjacent to an activating group) is 1. The molecule has 6 heteroatoms. The lowest BCUT2D eigenvalue weighted by Crippen LogP contribution is -2.32. The molecule has 1 rings (SSSR count). The molecule has 0 fully saturated rings. The van der Waals surface area contributed by atoms with Gasteiger partial charge in [-0.3, -0.25) is 10.1 Å². The van der Waals surface area contributed by atoms with Gasteiger partial charge in [-0.05, 0) is 32.5 Å². The lowest BCUT2D eigenvalue weighted by atomic mass is 10.1. The maximum atomic E-state index is 11.9. The van der Waals surface area contributed by atoms with Crippen molar-refractivity contribution in [3.05, 3.63) is 39.9 Å². The van der Waals surface area contributed by atoms with Crippen molar-refractivity contribution in [2.75, 3.05) is 20.2 Å². The number of nitrogens with zero attached hydrogens (tertiary/aromatic N) is 2. The van der Waals surface area contributed by atoms with Gasteiger partial charge < -0.3 is 9.64 Å². The lowest BCUT2D eigenvalue weighted by Gasteiger charge is -2.24. The van der Waals surface area contributed by atoms with E-state index in [9.17, 15) is 14.9 Å². The number of ether oxygens (including phenoxy) is 1. The third kappa shape index (κ3) is 7.08. The first kappa shape index (κ1) is 20.1. The number of hydrogen-bond acceptors (Lipinski definition) is 5. The molecule has 0 aliphatic rings. The van der Waals surface area contributed by atoms with E-state index in [-0.39, 0.29) is 5.69 Å². The van der Waals surface area contributed by atoms with Gasteiger partial charge in [-0.15, -0.1) is 0 Å². The lowest BCUT2D eigenvalue weighted by molar-refractivity contribution is -0.384. The quantitative estimate of drug-likeness (QED) is 0.264. The zero-order valence-electron chi connectivity index (χ0n) is 14.9. The Bertz CT molecular complexity index is 516. The highest BCUT2D eigenvalue weighted by Crippen LogP contribution is 2.13. The number of nitro groups is 1. The number of esters is 1. The van der Waals surface area contributed by atoms with Crippen LogP contribution >= 0.6 is 0 Å². The van der Waals surface area contributed by atoms with Gasteiger partial charge in [0.2, 0.25) is 0 Å². The third-order valence-electron chi connectivity index (χ3n) is 4.22. The van der Waals surface area contributed by atoms with E-state index in [1.165, 1.54) is 49.9 Å². The molecule has 0 N–H and O–H groups in total. The molecular formula is C18H28N2O4. The summed E-state index contributed by atoms with van der Waals surface area (Å²) in [5.74, 6) is -0.450. The monoisotopic (exact) mass is 336 g/mol. The minimum atomic E-state index is -0.494. The van der Waals surface area contributed by atoms with Crippen molar-refractivity contribution in [2.45, 2.75) is 52.0 Å². The topological polar surface area (TPSA) is 72.7 Å². The van der Waals surface area contributed by atoms with Crippen molar-refractivity contribution in [1.82, 2.24) is 4.90 Å². The van der Waals surface area contributed by atoms with Crippen molar-refractivity contribution in [1.29, 1.82) is 0 Å². The van der Waals surface area contributed by atoms with Crippen LogP contribution in [0.3, 0.4) is 0 Å². The summed E-state index contributed by atoms with van der Waals surface area (Å²) < 4.78 is 5.24. The molecule has 24 heavy (non-hydrogen) atoms. The molecule has 6 nitrogen and oxygen atoms in total. The van der Waals surface area contributed by atoms with E-state index in [0.29, 0.717) is 24.8 Å². The fraction of sp³-hybridized carbons (Fsp3) is 0.611. The van der Waals surface area contributed by atoms with Gasteiger partial charge in [-0.1, -0.05) is 32.6 Å². The second-order valence-electron chi connectivity index (χ2n) is 6.12. The summed E-state index contributed by atoms with van der Waals surface area (Å²) in [6, 6.07) is 5.91. The SMILES string of the molecule is CCCCCCC(C)N(C)CCOC(=O)c1ccc([N+](=O)[O-])cc1. The number of nitro benzene ring substituents is 1. The number of unbranched alkanes of at least 4 members (excludes halogenated alkanes) is 3. The summed E-state index contributed by atoms with van der Waals surface area (Å²) in [6.07, 6.45) is 6.16. The van der Waals surface area contributed by atoms with E-state index in [4.69, 9.17) is 4.74 Å². The summed E-state index contributed by atoms with van der Waals surface area (Å²) >= 11 is 0. The van der Waals surface area contributed by atoms with Crippen LogP contribution in [-0.4, -0.2) is 42.0 Å². The molecule has 1 unspecified atom stereocenters. The molecule has 0 amide bonds. The minimum Gasteiger partial charge on any atom is -0.461 e. The van der Waals surface area contributed by atoms with Crippen molar-refractivity contribution < 1.29 is 14.5 Å². The molecule has 0 aliphatic carbocycles. The van der Waals surface area contributed by atoms with Gasteiger partial charge in [0.25, 0.3) is 5.69 Å². The zero-order valence-corrected chi connectivity index (χ0v) is 14.9. The zero-order chi connectivity index (χ0) is 17.9. The third-order valence-corrected chi connectivity index (χ3v) is 4.22. The van der Waals surface area contributed by atoms with E-state index in [1.807, 2.05) is 7.05 Å². The van der Waals surface area contributed by atoms with Crippen LogP contribution in [0.15, 0.2) is 24.3 Å². The first-order valence-electron chi connectivity index (χ1n) is 8.57. The smallest absolute Gasteiger partial charge is 0.338 e. The summed E-state index contributed by atoms with van der Waals surface area (Å²) in [5.41, 5.74) is 0.291. The Hall–Kier alpha value is -1.95. The predicted octanol–water partition coefficient (Wildman–Crippen LogP) is 4.04. The molecule has 1 aromatic carbocycles. The highest BCUT2D eigenvalue weighted by molar-refractivity contribution is 5.89. The molecule has 0 heterocycles. The van der Waals surface area contributed by atoms with Gasteiger partial charge in [0, 0.05) is 24.7 Å². The second-order valence-corrected chi connectivity index (χ2v) is 6.12. The van der Waals surface area contributed by atoms with Crippen LogP contribution < -0.4 is 0 Å². The van der Waals surface area contributed by atoms with Crippen LogP contribution in [-0.2, 0) is 4.74 Å². The molecule has 1 atom stereocenters. The summed E-state index contributed by atoms with van der Waals surface area (Å²) in [5, 5.41) is 10.6. The maximum absolute atomic E-state index is 11.9. The number of hydrogen-bond donors (Lipinski definition) is 0. The highest BCUT2D eigenvalue weighted by Gasteiger charge is 2.12. The summed E-state index contributed by atoms with van der Waals surface area (Å²) in [4.78, 5) is 24.2. The van der Waals surface area contributed by atoms with Crippen LogP contribution in [0.25, 0.3) is 0 Å². The molecular weight excluding hydrogens is 308 g/mol. The minimum absolute atomic E-state index is 0.0387. The fourth-order valence-corrected chi connectivity index (χ4v) is 2.39. The molecule has 1 aromatic rings. The van der Waals surface area contributed by atoms with Crippen LogP contribution in [0.2, 0.25) is 0 Å². The van der Waals surface area contributed by atoms with Crippen molar-refractivity contribution in [2.24, 2.45) is 0 Å². The fourth-order valence-electron chi connectivity index (χ4n) is 2.39. The normalized spacial score (nSPS) is 12.2. The Kier molecular flexibility index (Phi) is 9.01. The largest absolute Gasteiger partial charge is 0.461 e. The van der Waals surface area contributed by atoms with E-state index in [1.54, 1.807) is 0 Å². The Balaban J connectivity index is 2.30. The number of carbonyl (C=O) groups excluding carboxylic acids is 1. The van der Waals surface area contributed by atoms with Crippen LogP contribution in [0, 0.1) is 10.1 Å². The number of non-ortho nitro benzene ring substituents is 1. The molecule has 0 aromatic heterocycles. The van der Waals surface area contributed by atoms with Crippen molar-refractivity contribution in [3.63, 3.8) is 0 Å². The first-order valence-corrected chi connectivity index (χ1v) is 8.57. The van der Waals surface area contributed by atoms with Gasteiger partial charge in [0.05, 0.1) is 10.5 Å². The molecule has 0 radical (unpaired) electrons. The Morgan fingerprint density at radius 2 is 1.92 bits per heavy atom. The second kappa shape index (κ2) is 10.8. The maximum Gasteiger partial charge on any atom is 0.338 e. The van der Waals surface area contributed by atoms with Gasteiger partial charge in [0.1, 0.15) is 6.61 Å². The van der Waals surface area contributed by atoms with Gasteiger partial charge in [0.15, 0.2) is 0 Å². The van der Waals surface area contributed by atoms with Gasteiger partial charge in [-0.2, -0.15) is 0 Å². The van der Waals surface area contributed by atoms with Crippen molar-refractivity contribution >= 4 is 11.7 Å². The van der Waals surface area contributed by atoms with E-state index >= 15 is 0 Å². The van der Waals surface area contributed by atoms with Crippen LogP contribution in [0.4, 0.5) is 5.69 Å². The Morgan fingerprint density at radius 3 is 2.50 bits per heavy atom. The molecule has 0 spiro atoms. The molecule has 0 bridgehead atoms. The summed E-state index contributed by atoms with van der Waals surface area (Å²) in [7, 11) is 2.03.